The molecule has 1 atom stereocenters. The molecule has 1 aromatic rings. The van der Waals surface area contributed by atoms with Crippen molar-refractivity contribution in [2.75, 3.05) is 6.61 Å². The minimum absolute atomic E-state index is 0.133. The summed E-state index contributed by atoms with van der Waals surface area (Å²) in [5, 5.41) is 0. The van der Waals surface area contributed by atoms with Gasteiger partial charge < -0.3 is 9.47 Å². The van der Waals surface area contributed by atoms with Crippen LogP contribution in [0.5, 0.6) is 5.75 Å². The molecule has 1 heterocycles. The maximum atomic E-state index is 6.23. The van der Waals surface area contributed by atoms with Crippen molar-refractivity contribution in [3.05, 3.63) is 29.8 Å². The van der Waals surface area contributed by atoms with Gasteiger partial charge in [-0.3, -0.25) is 0 Å². The Kier molecular flexibility index (Phi) is 4.00. The monoisotopic (exact) mass is 288 g/mol. The number of rotatable bonds is 2. The molecule has 1 aliphatic carbocycles. The van der Waals surface area contributed by atoms with Crippen molar-refractivity contribution in [1.82, 2.24) is 0 Å². The van der Waals surface area contributed by atoms with Crippen LogP contribution in [0.15, 0.2) is 24.3 Å². The number of hydrogen-bond acceptors (Lipinski definition) is 2. The van der Waals surface area contributed by atoms with Crippen molar-refractivity contribution in [2.45, 2.75) is 76.4 Å². The first kappa shape index (κ1) is 14.9. The lowest BCUT2D eigenvalue weighted by molar-refractivity contribution is -0.108. The molecule has 1 aromatic carbocycles. The molecular weight excluding hydrogens is 260 g/mol. The van der Waals surface area contributed by atoms with Crippen LogP contribution in [-0.4, -0.2) is 18.3 Å². The third-order valence-electron chi connectivity index (χ3n) is 4.99. The first-order valence-electron chi connectivity index (χ1n) is 8.38. The zero-order chi connectivity index (χ0) is 14.9. The number of hydrogen-bond donors (Lipinski definition) is 0. The van der Waals surface area contributed by atoms with Gasteiger partial charge in [-0.2, -0.15) is 0 Å². The summed E-state index contributed by atoms with van der Waals surface area (Å²) in [6, 6.07) is 8.63. The second-order valence-corrected chi connectivity index (χ2v) is 7.75. The highest BCUT2D eigenvalue weighted by molar-refractivity contribution is 5.31. The van der Waals surface area contributed by atoms with Crippen molar-refractivity contribution >= 4 is 0 Å². The Morgan fingerprint density at radius 2 is 1.76 bits per heavy atom. The molecule has 2 fully saturated rings. The Morgan fingerprint density at radius 1 is 1.10 bits per heavy atom. The Hall–Kier alpha value is -1.02. The predicted octanol–water partition coefficient (Wildman–Crippen LogP) is 4.85. The average molecular weight is 288 g/mol. The van der Waals surface area contributed by atoms with Crippen LogP contribution in [0.2, 0.25) is 0 Å². The van der Waals surface area contributed by atoms with Gasteiger partial charge in [0.1, 0.15) is 11.9 Å². The molecule has 1 aliphatic heterocycles. The Morgan fingerprint density at radius 3 is 2.38 bits per heavy atom. The van der Waals surface area contributed by atoms with Crippen LogP contribution < -0.4 is 4.74 Å². The summed E-state index contributed by atoms with van der Waals surface area (Å²) < 4.78 is 12.3. The zero-order valence-electron chi connectivity index (χ0n) is 13.7. The summed E-state index contributed by atoms with van der Waals surface area (Å²) in [5.41, 5.74) is 1.69. The SMILES string of the molecule is CC(C)(C)c1ccc(OC2CCOC3(CCCC3)C2)cc1. The quantitative estimate of drug-likeness (QED) is 0.774. The molecule has 2 nitrogen and oxygen atoms in total. The van der Waals surface area contributed by atoms with E-state index in [1.165, 1.54) is 31.2 Å². The van der Waals surface area contributed by atoms with Crippen molar-refractivity contribution in [1.29, 1.82) is 0 Å². The van der Waals surface area contributed by atoms with Crippen molar-refractivity contribution < 1.29 is 9.47 Å². The molecule has 1 saturated heterocycles. The molecule has 0 bridgehead atoms. The zero-order valence-corrected chi connectivity index (χ0v) is 13.7. The fourth-order valence-corrected chi connectivity index (χ4v) is 3.68. The highest BCUT2D eigenvalue weighted by Gasteiger charge is 2.40. The van der Waals surface area contributed by atoms with Crippen molar-refractivity contribution in [3.8, 4) is 5.75 Å². The third kappa shape index (κ3) is 3.42. The van der Waals surface area contributed by atoms with Crippen LogP contribution in [0.4, 0.5) is 0 Å². The molecule has 3 rings (SSSR count). The fraction of sp³-hybridized carbons (Fsp3) is 0.684. The van der Waals surface area contributed by atoms with E-state index in [4.69, 9.17) is 9.47 Å². The van der Waals surface area contributed by atoms with E-state index in [0.717, 1.165) is 25.2 Å². The molecule has 0 amide bonds. The summed E-state index contributed by atoms with van der Waals surface area (Å²) in [7, 11) is 0. The minimum atomic E-state index is 0.133. The molecule has 1 unspecified atom stereocenters. The molecule has 2 heteroatoms. The van der Waals surface area contributed by atoms with Gasteiger partial charge in [0, 0.05) is 12.8 Å². The van der Waals surface area contributed by atoms with E-state index in [0.29, 0.717) is 6.10 Å². The van der Waals surface area contributed by atoms with Crippen LogP contribution in [0.25, 0.3) is 0 Å². The van der Waals surface area contributed by atoms with Gasteiger partial charge in [-0.25, -0.2) is 0 Å². The Labute approximate surface area is 128 Å². The summed E-state index contributed by atoms with van der Waals surface area (Å²) in [6.07, 6.45) is 7.46. The summed E-state index contributed by atoms with van der Waals surface area (Å²) in [6.45, 7) is 7.58. The molecule has 0 radical (unpaired) electrons. The fourth-order valence-electron chi connectivity index (χ4n) is 3.68. The molecule has 21 heavy (non-hydrogen) atoms. The topological polar surface area (TPSA) is 18.5 Å². The maximum Gasteiger partial charge on any atom is 0.119 e. The lowest BCUT2D eigenvalue weighted by Crippen LogP contribution is -2.41. The second-order valence-electron chi connectivity index (χ2n) is 7.75. The van der Waals surface area contributed by atoms with E-state index in [9.17, 15) is 0 Å². The second kappa shape index (κ2) is 5.64. The molecule has 0 aromatic heterocycles. The third-order valence-corrected chi connectivity index (χ3v) is 4.99. The normalized spacial score (nSPS) is 25.2. The van der Waals surface area contributed by atoms with Gasteiger partial charge in [-0.15, -0.1) is 0 Å². The van der Waals surface area contributed by atoms with Crippen molar-refractivity contribution in [2.24, 2.45) is 0 Å². The average Bonchev–Trinajstić information content (AvgIpc) is 2.86. The molecular formula is C19H28O2. The minimum Gasteiger partial charge on any atom is -0.490 e. The summed E-state index contributed by atoms with van der Waals surface area (Å²) in [5.74, 6) is 1.00. The standard InChI is InChI=1S/C19H28O2/c1-18(2,3)15-6-8-16(9-7-15)21-17-10-13-20-19(14-17)11-4-5-12-19/h6-9,17H,4-5,10-14H2,1-3H3. The van der Waals surface area contributed by atoms with Gasteiger partial charge >= 0.3 is 0 Å². The number of ether oxygens (including phenoxy) is 2. The van der Waals surface area contributed by atoms with Gasteiger partial charge in [-0.05, 0) is 36.0 Å². The molecule has 0 N–H and O–H groups in total. The lowest BCUT2D eigenvalue weighted by atomic mass is 9.87. The Bertz CT molecular complexity index is 463. The highest BCUT2D eigenvalue weighted by atomic mass is 16.5. The molecule has 116 valence electrons. The maximum absolute atomic E-state index is 6.23. The van der Waals surface area contributed by atoms with E-state index >= 15 is 0 Å². The van der Waals surface area contributed by atoms with E-state index in [1.54, 1.807) is 0 Å². The van der Waals surface area contributed by atoms with E-state index < -0.39 is 0 Å². The predicted molar refractivity (Wildman–Crippen MR) is 85.9 cm³/mol. The first-order chi connectivity index (χ1) is 9.97. The van der Waals surface area contributed by atoms with Crippen LogP contribution >= 0.6 is 0 Å². The van der Waals surface area contributed by atoms with Crippen LogP contribution in [0.1, 0.15) is 64.9 Å². The van der Waals surface area contributed by atoms with Crippen LogP contribution in [0.3, 0.4) is 0 Å². The van der Waals surface area contributed by atoms with Gasteiger partial charge in [0.15, 0.2) is 0 Å². The van der Waals surface area contributed by atoms with Crippen molar-refractivity contribution in [3.63, 3.8) is 0 Å². The van der Waals surface area contributed by atoms with Gasteiger partial charge in [0.25, 0.3) is 0 Å². The van der Waals surface area contributed by atoms with E-state index in [2.05, 4.69) is 45.0 Å². The molecule has 1 saturated carbocycles. The molecule has 1 spiro atoms. The molecule has 2 aliphatic rings. The lowest BCUT2D eigenvalue weighted by Gasteiger charge is -2.38. The van der Waals surface area contributed by atoms with Gasteiger partial charge in [-0.1, -0.05) is 45.7 Å². The summed E-state index contributed by atoms with van der Waals surface area (Å²) >= 11 is 0. The van der Waals surface area contributed by atoms with E-state index in [1.807, 2.05) is 0 Å². The Balaban J connectivity index is 1.63. The number of benzene rings is 1. The van der Waals surface area contributed by atoms with Crippen LogP contribution in [0, 0.1) is 0 Å². The van der Waals surface area contributed by atoms with E-state index in [-0.39, 0.29) is 11.0 Å². The van der Waals surface area contributed by atoms with Gasteiger partial charge in [0.05, 0.1) is 12.2 Å². The largest absolute Gasteiger partial charge is 0.490 e. The summed E-state index contributed by atoms with van der Waals surface area (Å²) in [4.78, 5) is 0. The van der Waals surface area contributed by atoms with Gasteiger partial charge in [0.2, 0.25) is 0 Å². The first-order valence-corrected chi connectivity index (χ1v) is 8.38. The highest BCUT2D eigenvalue weighted by Crippen LogP contribution is 2.41. The van der Waals surface area contributed by atoms with Crippen LogP contribution in [-0.2, 0) is 10.2 Å². The smallest absolute Gasteiger partial charge is 0.119 e.